The van der Waals surface area contributed by atoms with Crippen LogP contribution in [0.15, 0.2) is 47.0 Å². The van der Waals surface area contributed by atoms with Gasteiger partial charge in [-0.3, -0.25) is 0 Å². The van der Waals surface area contributed by atoms with E-state index in [0.29, 0.717) is 5.56 Å². The number of nitrogens with zero attached hydrogens (tertiary/aromatic N) is 2. The molecular formula is C22H19N2O+. The molecule has 3 heteroatoms. The molecular weight excluding hydrogens is 308 g/mol. The number of benzene rings is 2. The number of hydrogen-bond donors (Lipinski definition) is 0. The Balaban J connectivity index is 2.19. The van der Waals surface area contributed by atoms with Crippen LogP contribution in [-0.4, -0.2) is 0 Å². The maximum Gasteiger partial charge on any atom is 0.216 e. The molecule has 3 nitrogen and oxygen atoms in total. The Bertz CT molecular complexity index is 1190. The lowest BCUT2D eigenvalue weighted by Crippen LogP contribution is -2.30. The van der Waals surface area contributed by atoms with Crippen molar-refractivity contribution in [1.29, 1.82) is 5.26 Å². The molecule has 0 aliphatic rings. The Morgan fingerprint density at radius 2 is 1.76 bits per heavy atom. The molecule has 0 aliphatic heterocycles. The first-order chi connectivity index (χ1) is 12.0. The van der Waals surface area contributed by atoms with Gasteiger partial charge in [-0.15, -0.1) is 0 Å². The molecule has 0 radical (unpaired) electrons. The number of rotatable bonds is 1. The van der Waals surface area contributed by atoms with Crippen molar-refractivity contribution in [3.05, 3.63) is 64.8 Å². The summed E-state index contributed by atoms with van der Waals surface area (Å²) in [4.78, 5) is 0. The van der Waals surface area contributed by atoms with E-state index in [1.165, 1.54) is 5.56 Å². The van der Waals surface area contributed by atoms with Crippen molar-refractivity contribution in [2.45, 2.75) is 20.8 Å². The molecule has 0 N–H and O–H groups in total. The summed E-state index contributed by atoms with van der Waals surface area (Å²) in [5, 5.41) is 11.6. The average Bonchev–Trinajstić information content (AvgIpc) is 2.95. The zero-order valence-electron chi connectivity index (χ0n) is 14.8. The van der Waals surface area contributed by atoms with Gasteiger partial charge in [0, 0.05) is 28.5 Å². The van der Waals surface area contributed by atoms with Crippen molar-refractivity contribution >= 4 is 21.9 Å². The first-order valence-corrected chi connectivity index (χ1v) is 8.34. The van der Waals surface area contributed by atoms with Crippen LogP contribution in [0.2, 0.25) is 0 Å². The second kappa shape index (κ2) is 5.46. The number of hydrogen-bond acceptors (Lipinski definition) is 2. The normalized spacial score (nSPS) is 11.2. The molecule has 0 spiro atoms. The fourth-order valence-electron chi connectivity index (χ4n) is 3.67. The summed E-state index contributed by atoms with van der Waals surface area (Å²) >= 11 is 0. The molecule has 25 heavy (non-hydrogen) atoms. The van der Waals surface area contributed by atoms with Gasteiger partial charge in [-0.25, -0.2) is 4.57 Å². The van der Waals surface area contributed by atoms with E-state index >= 15 is 0 Å². The van der Waals surface area contributed by atoms with Gasteiger partial charge < -0.3 is 4.42 Å². The standard InChI is InChI=1S/C22H19N2O/c1-13-8-9-16-17-11-14(2)18(12-23)15(3)21(17)25-22(16)20(13)19-7-5-6-10-24(19)4/h5-11H,1-4H3/q+1. The molecule has 0 aliphatic carbocycles. The summed E-state index contributed by atoms with van der Waals surface area (Å²) in [7, 11) is 2.04. The Morgan fingerprint density at radius 1 is 0.960 bits per heavy atom. The topological polar surface area (TPSA) is 40.8 Å². The molecule has 2 aromatic heterocycles. The molecule has 2 aromatic carbocycles. The minimum absolute atomic E-state index is 0.704. The number of pyridine rings is 1. The van der Waals surface area contributed by atoms with Gasteiger partial charge in [-0.2, -0.15) is 5.26 Å². The lowest BCUT2D eigenvalue weighted by atomic mass is 9.97. The summed E-state index contributed by atoms with van der Waals surface area (Å²) in [6.45, 7) is 6.05. The highest BCUT2D eigenvalue weighted by molar-refractivity contribution is 6.11. The SMILES string of the molecule is Cc1cc2c(oc3c(-c4cccc[n+]4C)c(C)ccc32)c(C)c1C#N. The molecule has 2 heterocycles. The van der Waals surface area contributed by atoms with E-state index in [4.69, 9.17) is 4.42 Å². The molecule has 0 unspecified atom stereocenters. The average molecular weight is 327 g/mol. The molecule has 122 valence electrons. The summed E-state index contributed by atoms with van der Waals surface area (Å²) in [5.74, 6) is 0. The van der Waals surface area contributed by atoms with Crippen LogP contribution in [0, 0.1) is 32.1 Å². The van der Waals surface area contributed by atoms with Crippen LogP contribution in [0.4, 0.5) is 0 Å². The quantitative estimate of drug-likeness (QED) is 0.468. The number of nitriles is 1. The molecule has 0 saturated carbocycles. The highest BCUT2D eigenvalue weighted by Gasteiger charge is 2.21. The zero-order chi connectivity index (χ0) is 17.7. The van der Waals surface area contributed by atoms with E-state index in [2.05, 4.69) is 41.8 Å². The van der Waals surface area contributed by atoms with Crippen LogP contribution in [0.5, 0.6) is 0 Å². The molecule has 4 aromatic rings. The first-order valence-electron chi connectivity index (χ1n) is 8.34. The van der Waals surface area contributed by atoms with Gasteiger partial charge in [0.25, 0.3) is 0 Å². The fraction of sp³-hybridized carbons (Fsp3) is 0.182. The number of furan rings is 1. The Kier molecular flexibility index (Phi) is 3.36. The van der Waals surface area contributed by atoms with Gasteiger partial charge in [0.15, 0.2) is 6.20 Å². The summed E-state index contributed by atoms with van der Waals surface area (Å²) < 4.78 is 8.44. The summed E-state index contributed by atoms with van der Waals surface area (Å²) in [5.41, 5.74) is 7.68. The van der Waals surface area contributed by atoms with Crippen molar-refractivity contribution in [2.24, 2.45) is 7.05 Å². The third kappa shape index (κ3) is 2.15. The predicted molar refractivity (Wildman–Crippen MR) is 99.3 cm³/mol. The molecule has 0 bridgehead atoms. The largest absolute Gasteiger partial charge is 0.455 e. The van der Waals surface area contributed by atoms with Crippen LogP contribution < -0.4 is 4.57 Å². The zero-order valence-corrected chi connectivity index (χ0v) is 14.8. The minimum atomic E-state index is 0.704. The van der Waals surface area contributed by atoms with Crippen LogP contribution in [0.3, 0.4) is 0 Å². The number of fused-ring (bicyclic) bond motifs is 3. The first kappa shape index (κ1) is 15.4. The van der Waals surface area contributed by atoms with Crippen LogP contribution >= 0.6 is 0 Å². The molecule has 0 fully saturated rings. The minimum Gasteiger partial charge on any atom is -0.455 e. The summed E-state index contributed by atoms with van der Waals surface area (Å²) in [6, 6.07) is 14.8. The second-order valence-electron chi connectivity index (χ2n) is 6.61. The fourth-order valence-corrected chi connectivity index (χ4v) is 3.67. The van der Waals surface area contributed by atoms with E-state index < -0.39 is 0 Å². The van der Waals surface area contributed by atoms with E-state index in [1.807, 2.05) is 39.2 Å². The number of aromatic nitrogens is 1. The molecule has 0 atom stereocenters. The van der Waals surface area contributed by atoms with Crippen molar-refractivity contribution in [3.63, 3.8) is 0 Å². The monoisotopic (exact) mass is 327 g/mol. The predicted octanol–water partition coefficient (Wildman–Crippen LogP) is 4.87. The van der Waals surface area contributed by atoms with Crippen molar-refractivity contribution in [3.8, 4) is 17.3 Å². The van der Waals surface area contributed by atoms with Crippen molar-refractivity contribution < 1.29 is 8.98 Å². The highest BCUT2D eigenvalue weighted by Crippen LogP contribution is 2.39. The van der Waals surface area contributed by atoms with E-state index in [1.54, 1.807) is 0 Å². The van der Waals surface area contributed by atoms with Gasteiger partial charge in [0.05, 0.1) is 17.2 Å². The molecule has 4 rings (SSSR count). The van der Waals surface area contributed by atoms with Gasteiger partial charge in [0.2, 0.25) is 5.69 Å². The van der Waals surface area contributed by atoms with Crippen molar-refractivity contribution in [1.82, 2.24) is 0 Å². The lowest BCUT2D eigenvalue weighted by molar-refractivity contribution is -0.660. The van der Waals surface area contributed by atoms with E-state index in [0.717, 1.165) is 44.3 Å². The lowest BCUT2D eigenvalue weighted by Gasteiger charge is -2.04. The molecule has 0 saturated heterocycles. The Hall–Kier alpha value is -3.12. The van der Waals surface area contributed by atoms with Crippen molar-refractivity contribution in [2.75, 3.05) is 0 Å². The van der Waals surface area contributed by atoms with Crippen LogP contribution in [0.1, 0.15) is 22.3 Å². The highest BCUT2D eigenvalue weighted by atomic mass is 16.3. The molecule has 0 amide bonds. The van der Waals surface area contributed by atoms with Gasteiger partial charge in [-0.1, -0.05) is 12.1 Å². The van der Waals surface area contributed by atoms with Gasteiger partial charge >= 0.3 is 0 Å². The number of aryl methyl sites for hydroxylation is 4. The second-order valence-corrected chi connectivity index (χ2v) is 6.61. The van der Waals surface area contributed by atoms with E-state index in [9.17, 15) is 5.26 Å². The van der Waals surface area contributed by atoms with Crippen LogP contribution in [-0.2, 0) is 7.05 Å². The maximum atomic E-state index is 9.45. The smallest absolute Gasteiger partial charge is 0.216 e. The van der Waals surface area contributed by atoms with Gasteiger partial charge in [-0.05, 0) is 44.0 Å². The van der Waals surface area contributed by atoms with Crippen LogP contribution in [0.25, 0.3) is 33.2 Å². The Labute approximate surface area is 146 Å². The van der Waals surface area contributed by atoms with E-state index in [-0.39, 0.29) is 0 Å². The Morgan fingerprint density at radius 3 is 2.48 bits per heavy atom. The third-order valence-corrected chi connectivity index (χ3v) is 5.00. The maximum absolute atomic E-state index is 9.45. The summed E-state index contributed by atoms with van der Waals surface area (Å²) in [6.07, 6.45) is 2.04. The third-order valence-electron chi connectivity index (χ3n) is 5.00. The van der Waals surface area contributed by atoms with Gasteiger partial charge in [0.1, 0.15) is 18.2 Å².